The molecule has 154 valence electrons. The Hall–Kier alpha value is -2.53. The highest BCUT2D eigenvalue weighted by Crippen LogP contribution is 2.44. The number of benzene rings is 2. The number of amides is 1. The van der Waals surface area contributed by atoms with Crippen LogP contribution in [-0.2, 0) is 0 Å². The van der Waals surface area contributed by atoms with Crippen molar-refractivity contribution in [3.05, 3.63) is 58.1 Å². The second-order valence-corrected chi connectivity index (χ2v) is 8.40. The molecule has 0 bridgehead atoms. The summed E-state index contributed by atoms with van der Waals surface area (Å²) in [6.45, 7) is 9.87. The fraction of sp³-hybridized carbons (Fsp3) is 0.391. The summed E-state index contributed by atoms with van der Waals surface area (Å²) in [4.78, 5) is 14.8. The maximum atomic E-state index is 12.4. The molecule has 1 amide bonds. The van der Waals surface area contributed by atoms with E-state index in [0.29, 0.717) is 22.3 Å². The van der Waals surface area contributed by atoms with Crippen LogP contribution in [0.3, 0.4) is 0 Å². The van der Waals surface area contributed by atoms with E-state index in [9.17, 15) is 4.79 Å². The molecule has 29 heavy (non-hydrogen) atoms. The van der Waals surface area contributed by atoms with Gasteiger partial charge in [0.05, 0.1) is 23.9 Å². The molecule has 1 unspecified atom stereocenters. The highest BCUT2D eigenvalue weighted by molar-refractivity contribution is 6.33. The predicted molar refractivity (Wildman–Crippen MR) is 120 cm³/mol. The molecule has 1 aliphatic heterocycles. The average Bonchev–Trinajstić information content (AvgIpc) is 2.68. The highest BCUT2D eigenvalue weighted by atomic mass is 35.5. The third-order valence-electron chi connectivity index (χ3n) is 5.54. The van der Waals surface area contributed by atoms with E-state index in [1.165, 1.54) is 18.4 Å². The fourth-order valence-corrected chi connectivity index (χ4v) is 4.48. The average molecular weight is 414 g/mol. The first-order chi connectivity index (χ1) is 13.8. The summed E-state index contributed by atoms with van der Waals surface area (Å²) in [6.07, 6.45) is 2.66. The lowest BCUT2D eigenvalue weighted by atomic mass is 9.79. The zero-order valence-electron chi connectivity index (χ0n) is 17.6. The number of carbonyl (C=O) groups is 1. The molecular formula is C23H28ClN3O2. The number of para-hydroxylation sites is 1. The molecule has 1 atom stereocenters. The van der Waals surface area contributed by atoms with Gasteiger partial charge >= 0.3 is 0 Å². The predicted octanol–water partition coefficient (Wildman–Crippen LogP) is 5.22. The zero-order valence-corrected chi connectivity index (χ0v) is 18.4. The van der Waals surface area contributed by atoms with Crippen LogP contribution < -0.4 is 15.1 Å². The normalized spacial score (nSPS) is 17.9. The molecule has 0 spiro atoms. The van der Waals surface area contributed by atoms with Crippen LogP contribution in [-0.4, -0.2) is 31.3 Å². The standard InChI is InChI=1S/C23H28ClN3O2/c1-6-27-20-12-19(24)16(11-18(20)15(2)13-23(27,3)4)14-25-26-22(28)17-9-7-8-10-21(17)29-5/h7-12,14-15H,6,13H2,1-5H3,(H,26,28)/b25-14-. The maximum absolute atomic E-state index is 12.4. The smallest absolute Gasteiger partial charge is 0.275 e. The van der Waals surface area contributed by atoms with Crippen LogP contribution in [0.4, 0.5) is 5.69 Å². The number of hydrogen-bond acceptors (Lipinski definition) is 4. The molecule has 0 aromatic heterocycles. The Balaban J connectivity index is 1.84. The molecule has 2 aromatic rings. The molecular weight excluding hydrogens is 386 g/mol. The molecule has 1 aliphatic rings. The quantitative estimate of drug-likeness (QED) is 0.539. The lowest BCUT2D eigenvalue weighted by molar-refractivity contribution is 0.0952. The number of nitrogens with one attached hydrogen (secondary N) is 1. The van der Waals surface area contributed by atoms with E-state index < -0.39 is 0 Å². The molecule has 1 heterocycles. The molecule has 0 saturated carbocycles. The molecule has 5 nitrogen and oxygen atoms in total. The summed E-state index contributed by atoms with van der Waals surface area (Å²) in [5, 5.41) is 4.73. The van der Waals surface area contributed by atoms with Gasteiger partial charge in [-0.1, -0.05) is 30.7 Å². The second-order valence-electron chi connectivity index (χ2n) is 7.99. The van der Waals surface area contributed by atoms with Gasteiger partial charge in [-0.2, -0.15) is 5.10 Å². The molecule has 0 aliphatic carbocycles. The van der Waals surface area contributed by atoms with E-state index in [-0.39, 0.29) is 11.4 Å². The Morgan fingerprint density at radius 3 is 2.79 bits per heavy atom. The number of methoxy groups -OCH3 is 1. The summed E-state index contributed by atoms with van der Waals surface area (Å²) in [6, 6.07) is 11.1. The fourth-order valence-electron chi connectivity index (χ4n) is 4.27. The van der Waals surface area contributed by atoms with Gasteiger partial charge in [-0.15, -0.1) is 0 Å². The van der Waals surface area contributed by atoms with Gasteiger partial charge in [0.2, 0.25) is 0 Å². The van der Waals surface area contributed by atoms with Gasteiger partial charge in [0.15, 0.2) is 0 Å². The Labute approximate surface area is 177 Å². The van der Waals surface area contributed by atoms with Crippen molar-refractivity contribution in [3.8, 4) is 5.75 Å². The van der Waals surface area contributed by atoms with E-state index in [0.717, 1.165) is 18.5 Å². The van der Waals surface area contributed by atoms with E-state index in [2.05, 4.69) is 49.2 Å². The van der Waals surface area contributed by atoms with Crippen molar-refractivity contribution in [2.45, 2.75) is 45.6 Å². The monoisotopic (exact) mass is 413 g/mol. The first-order valence-corrected chi connectivity index (χ1v) is 10.2. The lowest BCUT2D eigenvalue weighted by Crippen LogP contribution is -2.48. The number of hydrogen-bond donors (Lipinski definition) is 1. The largest absolute Gasteiger partial charge is 0.496 e. The number of nitrogens with zero attached hydrogens (tertiary/aromatic N) is 2. The first kappa shape index (κ1) is 21.2. The summed E-state index contributed by atoms with van der Waals surface area (Å²) < 4.78 is 5.22. The van der Waals surface area contributed by atoms with Crippen LogP contribution in [0.1, 0.15) is 61.5 Å². The SMILES string of the molecule is CCN1c2cc(Cl)c(/C=N\NC(=O)c3ccccc3OC)cc2C(C)CC1(C)C. The van der Waals surface area contributed by atoms with E-state index in [1.807, 2.05) is 12.1 Å². The van der Waals surface area contributed by atoms with Gasteiger partial charge in [-0.3, -0.25) is 4.79 Å². The molecule has 6 heteroatoms. The lowest BCUT2D eigenvalue weighted by Gasteiger charge is -2.47. The van der Waals surface area contributed by atoms with Crippen molar-refractivity contribution < 1.29 is 9.53 Å². The number of fused-ring (bicyclic) bond motifs is 1. The van der Waals surface area contributed by atoms with E-state index >= 15 is 0 Å². The Morgan fingerprint density at radius 1 is 1.38 bits per heavy atom. The van der Waals surface area contributed by atoms with Crippen molar-refractivity contribution in [3.63, 3.8) is 0 Å². The minimum Gasteiger partial charge on any atom is -0.496 e. The summed E-state index contributed by atoms with van der Waals surface area (Å²) >= 11 is 6.55. The third-order valence-corrected chi connectivity index (χ3v) is 5.87. The number of carbonyl (C=O) groups excluding carboxylic acids is 1. The van der Waals surface area contributed by atoms with Crippen LogP contribution in [0, 0.1) is 0 Å². The maximum Gasteiger partial charge on any atom is 0.275 e. The Bertz CT molecular complexity index is 940. The number of hydrazone groups is 1. The summed E-state index contributed by atoms with van der Waals surface area (Å²) in [5.41, 5.74) is 6.29. The Kier molecular flexibility index (Phi) is 6.18. The van der Waals surface area contributed by atoms with Gasteiger partial charge in [-0.05, 0) is 62.9 Å². The molecule has 3 rings (SSSR count). The van der Waals surface area contributed by atoms with Crippen molar-refractivity contribution >= 4 is 29.4 Å². The number of anilines is 1. The molecule has 0 fully saturated rings. The van der Waals surface area contributed by atoms with Crippen LogP contribution in [0.2, 0.25) is 5.02 Å². The van der Waals surface area contributed by atoms with Gasteiger partial charge in [0.25, 0.3) is 5.91 Å². The Morgan fingerprint density at radius 2 is 2.10 bits per heavy atom. The van der Waals surface area contributed by atoms with Gasteiger partial charge in [-0.25, -0.2) is 5.43 Å². The number of ether oxygens (including phenoxy) is 1. The van der Waals surface area contributed by atoms with Gasteiger partial charge in [0, 0.05) is 23.3 Å². The molecule has 0 saturated heterocycles. The topological polar surface area (TPSA) is 53.9 Å². The minimum atomic E-state index is -0.333. The van der Waals surface area contributed by atoms with Crippen molar-refractivity contribution in [2.75, 3.05) is 18.6 Å². The van der Waals surface area contributed by atoms with E-state index in [1.54, 1.807) is 24.4 Å². The molecule has 1 N–H and O–H groups in total. The summed E-state index contributed by atoms with van der Waals surface area (Å²) in [7, 11) is 1.53. The second kappa shape index (κ2) is 8.46. The zero-order chi connectivity index (χ0) is 21.2. The third kappa shape index (κ3) is 4.25. The number of halogens is 1. The highest BCUT2D eigenvalue weighted by Gasteiger charge is 2.35. The van der Waals surface area contributed by atoms with Crippen LogP contribution in [0.5, 0.6) is 5.75 Å². The van der Waals surface area contributed by atoms with Crippen molar-refractivity contribution in [1.82, 2.24) is 5.43 Å². The summed E-state index contributed by atoms with van der Waals surface area (Å²) in [5.74, 6) is 0.582. The molecule has 0 radical (unpaired) electrons. The molecule has 2 aromatic carbocycles. The van der Waals surface area contributed by atoms with Crippen LogP contribution in [0.25, 0.3) is 0 Å². The van der Waals surface area contributed by atoms with E-state index in [4.69, 9.17) is 16.3 Å². The van der Waals surface area contributed by atoms with Gasteiger partial charge < -0.3 is 9.64 Å². The van der Waals surface area contributed by atoms with Crippen LogP contribution in [0.15, 0.2) is 41.5 Å². The van der Waals surface area contributed by atoms with Crippen molar-refractivity contribution in [1.29, 1.82) is 0 Å². The van der Waals surface area contributed by atoms with Crippen LogP contribution >= 0.6 is 11.6 Å². The minimum absolute atomic E-state index is 0.0861. The number of rotatable bonds is 5. The first-order valence-electron chi connectivity index (χ1n) is 9.86. The van der Waals surface area contributed by atoms with Crippen molar-refractivity contribution in [2.24, 2.45) is 5.10 Å². The van der Waals surface area contributed by atoms with Gasteiger partial charge in [0.1, 0.15) is 5.75 Å².